The fraction of sp³-hybridized carbons (Fsp3) is 0.579. The number of hydrogen-bond donors (Lipinski definition) is 1. The molecule has 0 spiro atoms. The van der Waals surface area contributed by atoms with Gasteiger partial charge in [0.1, 0.15) is 11.6 Å². The quantitative estimate of drug-likeness (QED) is 0.175. The first-order valence-electron chi connectivity index (χ1n) is 9.40. The summed E-state index contributed by atoms with van der Waals surface area (Å²) < 4.78 is 5.58. The summed E-state index contributed by atoms with van der Waals surface area (Å²) in [7, 11) is 3.26. The van der Waals surface area contributed by atoms with Crippen LogP contribution in [0.25, 0.3) is 10.4 Å². The Hall–Kier alpha value is -2.59. The number of carbonyl (C=O) groups excluding carboxylic acids is 2. The number of thiophene rings is 1. The molecule has 2 amide bonds. The number of ether oxygens (including phenoxy) is 1. The normalized spacial score (nSPS) is 18.2. The number of hydroxylamine groups is 1. The fourth-order valence-corrected chi connectivity index (χ4v) is 4.20. The van der Waals surface area contributed by atoms with Crippen molar-refractivity contribution in [2.75, 3.05) is 27.2 Å². The lowest BCUT2D eigenvalue weighted by Gasteiger charge is -2.40. The summed E-state index contributed by atoms with van der Waals surface area (Å²) >= 11 is 1.43. The molecule has 2 atom stereocenters. The molecule has 1 aliphatic heterocycles. The minimum absolute atomic E-state index is 0.0714. The Labute approximate surface area is 180 Å². The van der Waals surface area contributed by atoms with Crippen LogP contribution in [-0.2, 0) is 20.9 Å². The van der Waals surface area contributed by atoms with Crippen molar-refractivity contribution < 1.29 is 19.2 Å². The van der Waals surface area contributed by atoms with Crippen LogP contribution in [0.3, 0.4) is 0 Å². The summed E-state index contributed by atoms with van der Waals surface area (Å²) in [5, 5.41) is 5.50. The predicted molar refractivity (Wildman–Crippen MR) is 114 cm³/mol. The molecular formula is C19H28N6O4S. The van der Waals surface area contributed by atoms with Crippen molar-refractivity contribution in [3.63, 3.8) is 0 Å². The Bertz CT molecular complexity index is 841. The van der Waals surface area contributed by atoms with E-state index in [1.807, 2.05) is 5.38 Å². The Balaban J connectivity index is 2.56. The molecule has 1 aromatic rings. The van der Waals surface area contributed by atoms with E-state index in [1.54, 1.807) is 40.9 Å². The van der Waals surface area contributed by atoms with Gasteiger partial charge < -0.3 is 9.64 Å². The standard InChI is InChI=1S/C19H28N6O4S/c1-7-8-28-22-13-10-25(18(27)29-19(2,3)4)15(17(26)24(5)6)14-12(9-21-23-20)11-30-16(13)14/h7,11,13,15,22H,1,8-10H2,2-6H3. The molecule has 0 aromatic carbocycles. The van der Waals surface area contributed by atoms with E-state index in [1.165, 1.54) is 21.1 Å². The first-order valence-corrected chi connectivity index (χ1v) is 10.3. The second-order valence-electron chi connectivity index (χ2n) is 7.97. The lowest BCUT2D eigenvalue weighted by Crippen LogP contribution is -2.51. The van der Waals surface area contributed by atoms with Crippen LogP contribution in [0.2, 0.25) is 0 Å². The van der Waals surface area contributed by atoms with E-state index in [0.717, 1.165) is 4.88 Å². The van der Waals surface area contributed by atoms with E-state index in [4.69, 9.17) is 15.1 Å². The number of nitrogens with one attached hydrogen (secondary N) is 1. The summed E-state index contributed by atoms with van der Waals surface area (Å²) in [6.07, 6.45) is 0.993. The lowest BCUT2D eigenvalue weighted by molar-refractivity contribution is -0.135. The highest BCUT2D eigenvalue weighted by molar-refractivity contribution is 7.10. The zero-order valence-electron chi connectivity index (χ0n) is 17.9. The molecule has 1 aliphatic rings. The molecule has 0 saturated heterocycles. The van der Waals surface area contributed by atoms with Crippen molar-refractivity contribution in [2.24, 2.45) is 5.11 Å². The molecule has 2 unspecified atom stereocenters. The third kappa shape index (κ3) is 5.51. The highest BCUT2D eigenvalue weighted by Gasteiger charge is 2.44. The fourth-order valence-electron chi connectivity index (χ4n) is 3.07. The van der Waals surface area contributed by atoms with Crippen LogP contribution in [-0.4, -0.2) is 54.6 Å². The second-order valence-corrected chi connectivity index (χ2v) is 8.88. The van der Waals surface area contributed by atoms with Gasteiger partial charge in [-0.1, -0.05) is 11.2 Å². The van der Waals surface area contributed by atoms with Crippen molar-refractivity contribution in [2.45, 2.75) is 45.0 Å². The van der Waals surface area contributed by atoms with Crippen molar-refractivity contribution in [3.05, 3.63) is 44.5 Å². The Morgan fingerprint density at radius 1 is 1.50 bits per heavy atom. The molecule has 10 nitrogen and oxygen atoms in total. The van der Waals surface area contributed by atoms with Crippen LogP contribution >= 0.6 is 11.3 Å². The number of amides is 2. The minimum atomic E-state index is -0.891. The molecule has 2 heterocycles. The average molecular weight is 437 g/mol. The monoisotopic (exact) mass is 436 g/mol. The zero-order chi connectivity index (χ0) is 22.5. The van der Waals surface area contributed by atoms with Crippen LogP contribution < -0.4 is 5.48 Å². The minimum Gasteiger partial charge on any atom is -0.444 e. The number of azide groups is 1. The van der Waals surface area contributed by atoms with E-state index in [9.17, 15) is 9.59 Å². The van der Waals surface area contributed by atoms with Gasteiger partial charge in [-0.05, 0) is 37.2 Å². The number of hydrogen-bond acceptors (Lipinski definition) is 7. The van der Waals surface area contributed by atoms with Crippen molar-refractivity contribution >= 4 is 23.3 Å². The molecule has 11 heteroatoms. The van der Waals surface area contributed by atoms with Crippen molar-refractivity contribution in [3.8, 4) is 0 Å². The average Bonchev–Trinajstić information content (AvgIpc) is 3.08. The predicted octanol–water partition coefficient (Wildman–Crippen LogP) is 3.69. The van der Waals surface area contributed by atoms with Crippen molar-refractivity contribution in [1.82, 2.24) is 15.3 Å². The van der Waals surface area contributed by atoms with Crippen LogP contribution in [0.5, 0.6) is 0 Å². The third-order valence-corrected chi connectivity index (χ3v) is 5.41. The summed E-state index contributed by atoms with van der Waals surface area (Å²) in [4.78, 5) is 38.1. The number of likely N-dealkylation sites (N-methyl/N-ethyl adjacent to an activating group) is 1. The maximum atomic E-state index is 13.1. The Morgan fingerprint density at radius 3 is 2.77 bits per heavy atom. The molecule has 1 aromatic heterocycles. The molecule has 1 N–H and O–H groups in total. The van der Waals surface area contributed by atoms with Gasteiger partial charge in [-0.3, -0.25) is 14.5 Å². The Morgan fingerprint density at radius 2 is 2.20 bits per heavy atom. The van der Waals surface area contributed by atoms with Crippen LogP contribution in [0.4, 0.5) is 4.79 Å². The molecule has 0 saturated carbocycles. The van der Waals surface area contributed by atoms with Gasteiger partial charge in [0.05, 0.1) is 19.2 Å². The lowest BCUT2D eigenvalue weighted by atomic mass is 9.93. The van der Waals surface area contributed by atoms with Crippen LogP contribution in [0, 0.1) is 0 Å². The maximum Gasteiger partial charge on any atom is 0.411 e. The summed E-state index contributed by atoms with van der Waals surface area (Å²) in [5.74, 6) is -0.270. The van der Waals surface area contributed by atoms with Gasteiger partial charge in [0.25, 0.3) is 0 Å². The largest absolute Gasteiger partial charge is 0.444 e. The van der Waals surface area contributed by atoms with E-state index in [-0.39, 0.29) is 31.6 Å². The topological polar surface area (TPSA) is 120 Å². The SMILES string of the molecule is C=CCONC1CN(C(=O)OC(C)(C)C)C(C(=O)N(C)C)c2c(CN=[N+]=[N-])csc21. The first-order chi connectivity index (χ1) is 14.1. The second kappa shape index (κ2) is 9.94. The number of fused-ring (bicyclic) bond motifs is 1. The molecule has 0 bridgehead atoms. The Kier molecular flexibility index (Phi) is 7.85. The summed E-state index contributed by atoms with van der Waals surface area (Å²) in [6, 6.07) is -1.28. The first kappa shape index (κ1) is 23.7. The molecule has 164 valence electrons. The van der Waals surface area contributed by atoms with E-state index in [0.29, 0.717) is 11.1 Å². The third-order valence-electron chi connectivity index (χ3n) is 4.25. The summed E-state index contributed by atoms with van der Waals surface area (Å²) in [6.45, 7) is 9.44. The highest BCUT2D eigenvalue weighted by Crippen LogP contribution is 2.42. The number of carbonyl (C=O) groups is 2. The molecule has 30 heavy (non-hydrogen) atoms. The van der Waals surface area contributed by atoms with Gasteiger partial charge in [-0.25, -0.2) is 4.79 Å². The molecule has 2 rings (SSSR count). The number of rotatable bonds is 7. The summed E-state index contributed by atoms with van der Waals surface area (Å²) in [5.41, 5.74) is 12.3. The van der Waals surface area contributed by atoms with Crippen LogP contribution in [0.1, 0.15) is 48.9 Å². The van der Waals surface area contributed by atoms with E-state index in [2.05, 4.69) is 22.1 Å². The number of nitrogens with zero attached hydrogens (tertiary/aromatic N) is 5. The van der Waals surface area contributed by atoms with Crippen molar-refractivity contribution in [1.29, 1.82) is 0 Å². The molecule has 0 aliphatic carbocycles. The van der Waals surface area contributed by atoms with E-state index >= 15 is 0 Å². The maximum absolute atomic E-state index is 13.1. The van der Waals surface area contributed by atoms with Gasteiger partial charge in [0.15, 0.2) is 0 Å². The van der Waals surface area contributed by atoms with Gasteiger partial charge in [-0.2, -0.15) is 5.48 Å². The molecule has 0 radical (unpaired) electrons. The molecule has 0 fully saturated rings. The smallest absolute Gasteiger partial charge is 0.411 e. The zero-order valence-corrected chi connectivity index (χ0v) is 18.7. The van der Waals surface area contributed by atoms with Gasteiger partial charge >= 0.3 is 6.09 Å². The van der Waals surface area contributed by atoms with Gasteiger partial charge in [0.2, 0.25) is 5.91 Å². The van der Waals surface area contributed by atoms with E-state index < -0.39 is 17.7 Å². The van der Waals surface area contributed by atoms with Gasteiger partial charge in [-0.15, -0.1) is 17.9 Å². The molecular weight excluding hydrogens is 408 g/mol. The van der Waals surface area contributed by atoms with Gasteiger partial charge in [0, 0.05) is 36.0 Å². The van der Waals surface area contributed by atoms with Crippen LogP contribution in [0.15, 0.2) is 23.1 Å². The highest BCUT2D eigenvalue weighted by atomic mass is 32.1.